The van der Waals surface area contributed by atoms with E-state index in [-0.39, 0.29) is 55.6 Å². The molecule has 0 bridgehead atoms. The average Bonchev–Trinajstić information content (AvgIpc) is 3.56. The third kappa shape index (κ3) is 5.10. The van der Waals surface area contributed by atoms with Crippen molar-refractivity contribution >= 4 is 22.8 Å². The van der Waals surface area contributed by atoms with E-state index in [1.165, 1.54) is 12.1 Å². The molecule has 3 fully saturated rings. The highest BCUT2D eigenvalue weighted by Crippen LogP contribution is 2.31. The Bertz CT molecular complexity index is 1260. The Balaban J connectivity index is 1.13. The predicted molar refractivity (Wildman–Crippen MR) is 127 cm³/mol. The molecule has 0 amide bonds. The summed E-state index contributed by atoms with van der Waals surface area (Å²) in [6.45, 7) is 1.54. The number of nitrogens with zero attached hydrogens (tertiary/aromatic N) is 2. The summed E-state index contributed by atoms with van der Waals surface area (Å²) in [6, 6.07) is 4.27. The van der Waals surface area contributed by atoms with Gasteiger partial charge in [-0.1, -0.05) is 11.6 Å². The van der Waals surface area contributed by atoms with Crippen LogP contribution >= 0.6 is 11.6 Å². The Morgan fingerprint density at radius 1 is 1.03 bits per heavy atom. The van der Waals surface area contributed by atoms with Crippen LogP contribution in [0.15, 0.2) is 18.2 Å². The molecular weight excluding hydrogens is 512 g/mol. The lowest BCUT2D eigenvalue weighted by atomic mass is 10.1. The molecule has 2 aromatic heterocycles. The van der Waals surface area contributed by atoms with E-state index < -0.39 is 29.9 Å². The lowest BCUT2D eigenvalue weighted by Crippen LogP contribution is -2.34. The highest BCUT2D eigenvalue weighted by Gasteiger charge is 2.48. The third-order valence-corrected chi connectivity index (χ3v) is 7.20. The number of nitrogens with one attached hydrogen (secondary N) is 1. The number of benzene rings is 1. The number of pyridine rings is 1. The van der Waals surface area contributed by atoms with Gasteiger partial charge in [0.05, 0.1) is 36.1 Å². The maximum Gasteiger partial charge on any atom is 0.296 e. The number of aryl methyl sites for hydroxylation is 1. The van der Waals surface area contributed by atoms with Gasteiger partial charge in [-0.15, -0.1) is 0 Å². The lowest BCUT2D eigenvalue weighted by Gasteiger charge is -2.23. The quantitative estimate of drug-likeness (QED) is 0.473. The van der Waals surface area contributed by atoms with E-state index >= 15 is 0 Å². The number of fused-ring (bicyclic) bond motifs is 2. The van der Waals surface area contributed by atoms with Crippen LogP contribution in [0, 0.1) is 11.6 Å². The maximum atomic E-state index is 14.8. The molecule has 0 spiro atoms. The van der Waals surface area contributed by atoms with Crippen LogP contribution < -0.4 is 9.47 Å². The average molecular weight is 538 g/mol. The van der Waals surface area contributed by atoms with Crippen molar-refractivity contribution in [2.24, 2.45) is 0 Å². The van der Waals surface area contributed by atoms with Crippen LogP contribution in [0.25, 0.3) is 11.2 Å². The number of hydrogen-bond donors (Lipinski definition) is 2. The Morgan fingerprint density at radius 2 is 1.84 bits per heavy atom. The second-order valence-corrected chi connectivity index (χ2v) is 9.88. The van der Waals surface area contributed by atoms with Gasteiger partial charge in [-0.3, -0.25) is 0 Å². The van der Waals surface area contributed by atoms with Crippen molar-refractivity contribution < 1.29 is 37.6 Å². The second-order valence-electron chi connectivity index (χ2n) is 9.47. The van der Waals surface area contributed by atoms with E-state index in [4.69, 9.17) is 35.3 Å². The predicted octanol–water partition coefficient (Wildman–Crippen LogP) is 3.14. The first-order chi connectivity index (χ1) is 17.9. The summed E-state index contributed by atoms with van der Waals surface area (Å²) in [5.74, 6) is -1.22. The van der Waals surface area contributed by atoms with Crippen molar-refractivity contribution in [2.75, 3.05) is 26.4 Å². The third-order valence-electron chi connectivity index (χ3n) is 6.87. The van der Waals surface area contributed by atoms with Crippen LogP contribution in [0.3, 0.4) is 0 Å². The van der Waals surface area contributed by atoms with Crippen LogP contribution in [0.4, 0.5) is 8.78 Å². The highest BCUT2D eigenvalue weighted by atomic mass is 35.5. The van der Waals surface area contributed by atoms with Crippen LogP contribution in [-0.2, 0) is 27.1 Å². The molecule has 0 aliphatic carbocycles. The Kier molecular flexibility index (Phi) is 6.89. The number of aliphatic hydroxyl groups excluding tert-OH is 1. The lowest BCUT2D eigenvalue weighted by molar-refractivity contribution is 0.00706. The SMILES string of the molecule is O[C@@H]1CO[C@H]2[C@@H]1OC[C@H]2Oc1nc2nc(CCc3c(F)cc(OC4CCCOC4)cc3F)c(Cl)cc2[nH]1. The van der Waals surface area contributed by atoms with Gasteiger partial charge in [0, 0.05) is 24.3 Å². The van der Waals surface area contributed by atoms with Crippen molar-refractivity contribution in [1.29, 1.82) is 0 Å². The van der Waals surface area contributed by atoms with Crippen LogP contribution in [0.1, 0.15) is 24.1 Å². The minimum atomic E-state index is -0.685. The molecule has 12 heteroatoms. The Hall–Kier alpha value is -2.57. The highest BCUT2D eigenvalue weighted by molar-refractivity contribution is 6.31. The number of halogens is 3. The molecule has 5 atom stereocenters. The molecule has 198 valence electrons. The van der Waals surface area contributed by atoms with Gasteiger partial charge in [-0.2, -0.15) is 4.98 Å². The van der Waals surface area contributed by atoms with Crippen molar-refractivity contribution in [2.45, 2.75) is 56.2 Å². The molecule has 3 aliphatic rings. The molecule has 9 nitrogen and oxygen atoms in total. The van der Waals surface area contributed by atoms with E-state index in [1.54, 1.807) is 6.07 Å². The van der Waals surface area contributed by atoms with E-state index in [9.17, 15) is 13.9 Å². The smallest absolute Gasteiger partial charge is 0.296 e. The molecule has 1 aromatic carbocycles. The van der Waals surface area contributed by atoms with Gasteiger partial charge in [0.15, 0.2) is 11.8 Å². The second kappa shape index (κ2) is 10.3. The van der Waals surface area contributed by atoms with E-state index in [0.29, 0.717) is 35.1 Å². The fourth-order valence-corrected chi connectivity index (χ4v) is 5.22. The Morgan fingerprint density at radius 3 is 2.62 bits per heavy atom. The van der Waals surface area contributed by atoms with E-state index in [0.717, 1.165) is 12.8 Å². The summed E-state index contributed by atoms with van der Waals surface area (Å²) < 4.78 is 57.6. The van der Waals surface area contributed by atoms with Crippen molar-refractivity contribution in [3.05, 3.63) is 46.1 Å². The molecule has 2 N–H and O–H groups in total. The van der Waals surface area contributed by atoms with E-state index in [1.807, 2.05) is 0 Å². The molecule has 5 heterocycles. The first-order valence-corrected chi connectivity index (χ1v) is 12.7. The summed E-state index contributed by atoms with van der Waals surface area (Å²) in [7, 11) is 0. The van der Waals surface area contributed by atoms with Gasteiger partial charge in [0.25, 0.3) is 6.01 Å². The molecule has 6 rings (SSSR count). The van der Waals surface area contributed by atoms with Gasteiger partial charge in [0.2, 0.25) is 0 Å². The molecule has 3 saturated heterocycles. The van der Waals surface area contributed by atoms with Crippen LogP contribution in [0.5, 0.6) is 11.8 Å². The number of aliphatic hydroxyl groups is 1. The fraction of sp³-hybridized carbons (Fsp3) is 0.520. The Labute approximate surface area is 216 Å². The zero-order valence-corrected chi connectivity index (χ0v) is 20.5. The largest absolute Gasteiger partial charge is 0.488 e. The number of H-pyrrole nitrogens is 1. The van der Waals surface area contributed by atoms with Gasteiger partial charge < -0.3 is 33.8 Å². The number of ether oxygens (including phenoxy) is 5. The molecule has 37 heavy (non-hydrogen) atoms. The molecular formula is C25H26ClF2N3O6. The fourth-order valence-electron chi connectivity index (χ4n) is 4.98. The minimum Gasteiger partial charge on any atom is -0.488 e. The number of aromatic nitrogens is 3. The van der Waals surface area contributed by atoms with Crippen LogP contribution in [-0.4, -0.2) is 77.0 Å². The van der Waals surface area contributed by atoms with Crippen LogP contribution in [0.2, 0.25) is 5.02 Å². The van der Waals surface area contributed by atoms with E-state index in [2.05, 4.69) is 15.0 Å². The number of hydrogen-bond acceptors (Lipinski definition) is 8. The molecule has 0 radical (unpaired) electrons. The number of rotatable bonds is 7. The van der Waals surface area contributed by atoms with Crippen molar-refractivity contribution in [3.8, 4) is 11.8 Å². The zero-order chi connectivity index (χ0) is 25.5. The van der Waals surface area contributed by atoms with Gasteiger partial charge in [-0.05, 0) is 31.7 Å². The standard InChI is InChI=1S/C25H26ClF2N3O6/c26-15-8-19-24(31-25(30-19)37-21-11-35-22-20(32)10-34-23(21)22)29-18(15)4-3-14-16(27)6-13(7-17(14)28)36-12-2-1-5-33-9-12/h6-8,12,20-23,32H,1-5,9-11H2,(H,29,30,31)/t12?,20-,21-,22-,23-/m1/s1. The maximum absolute atomic E-state index is 14.8. The minimum absolute atomic E-state index is 0.0542. The summed E-state index contributed by atoms with van der Waals surface area (Å²) in [4.78, 5) is 11.9. The summed E-state index contributed by atoms with van der Waals surface area (Å²) >= 11 is 6.41. The number of imidazole rings is 1. The summed E-state index contributed by atoms with van der Waals surface area (Å²) in [5, 5.41) is 10.2. The molecule has 3 aromatic rings. The molecule has 1 unspecified atom stereocenters. The van der Waals surface area contributed by atoms with Crippen molar-refractivity contribution in [3.63, 3.8) is 0 Å². The topological polar surface area (TPSA) is 108 Å². The summed E-state index contributed by atoms with van der Waals surface area (Å²) in [5.41, 5.74) is 1.30. The molecule has 3 aliphatic heterocycles. The number of aromatic amines is 1. The molecule has 0 saturated carbocycles. The monoisotopic (exact) mass is 537 g/mol. The zero-order valence-electron chi connectivity index (χ0n) is 19.8. The van der Waals surface area contributed by atoms with Crippen molar-refractivity contribution in [1.82, 2.24) is 15.0 Å². The normalized spacial score (nSPS) is 27.5. The first kappa shape index (κ1) is 24.7. The van der Waals surface area contributed by atoms with Gasteiger partial charge in [-0.25, -0.2) is 13.8 Å². The van der Waals surface area contributed by atoms with Gasteiger partial charge in [0.1, 0.15) is 41.8 Å². The van der Waals surface area contributed by atoms with Gasteiger partial charge >= 0.3 is 0 Å². The first-order valence-electron chi connectivity index (χ1n) is 12.3. The summed E-state index contributed by atoms with van der Waals surface area (Å²) in [6.07, 6.45) is -0.232.